The lowest BCUT2D eigenvalue weighted by atomic mass is 9.97. The van der Waals surface area contributed by atoms with Crippen molar-refractivity contribution in [3.63, 3.8) is 0 Å². The first-order valence-electron chi connectivity index (χ1n) is 5.98. The smallest absolute Gasteiger partial charge is 0.306 e. The molecule has 0 aromatic carbocycles. The molecule has 0 saturated heterocycles. The van der Waals surface area contributed by atoms with E-state index in [2.05, 4.69) is 4.72 Å². The lowest BCUT2D eigenvalue weighted by Gasteiger charge is -2.16. The molecule has 2 rings (SSSR count). The van der Waals surface area contributed by atoms with E-state index in [0.29, 0.717) is 17.2 Å². The minimum Gasteiger partial charge on any atom is -0.481 e. The average molecular weight is 358 g/mol. The molecule has 0 amide bonds. The van der Waals surface area contributed by atoms with Crippen LogP contribution in [0.15, 0.2) is 11.0 Å². The zero-order chi connectivity index (χ0) is 14.9. The van der Waals surface area contributed by atoms with E-state index < -0.39 is 21.9 Å². The number of carboxylic acids is 1. The molecule has 2 N–H and O–H groups in total. The molecule has 1 aliphatic rings. The van der Waals surface area contributed by atoms with Crippen LogP contribution in [0.4, 0.5) is 0 Å². The third-order valence-electron chi connectivity index (χ3n) is 3.43. The molecule has 0 spiro atoms. The van der Waals surface area contributed by atoms with Crippen molar-refractivity contribution in [2.45, 2.75) is 24.2 Å². The van der Waals surface area contributed by atoms with Gasteiger partial charge in [-0.1, -0.05) is 29.6 Å². The van der Waals surface area contributed by atoms with Crippen LogP contribution in [0.1, 0.15) is 19.3 Å². The van der Waals surface area contributed by atoms with Gasteiger partial charge in [0.1, 0.15) is 9.23 Å². The molecule has 1 saturated carbocycles. The van der Waals surface area contributed by atoms with E-state index in [1.54, 1.807) is 0 Å². The van der Waals surface area contributed by atoms with Crippen molar-refractivity contribution < 1.29 is 18.3 Å². The fourth-order valence-electron chi connectivity index (χ4n) is 2.41. The second kappa shape index (κ2) is 6.19. The highest BCUT2D eigenvalue weighted by Gasteiger charge is 2.34. The molecule has 9 heteroatoms. The van der Waals surface area contributed by atoms with Gasteiger partial charge in [-0.2, -0.15) is 0 Å². The summed E-state index contributed by atoms with van der Waals surface area (Å²) in [5.74, 6) is -1.54. The molecule has 1 aliphatic carbocycles. The Labute approximate surface area is 130 Å². The Morgan fingerprint density at radius 2 is 2.15 bits per heavy atom. The van der Waals surface area contributed by atoms with Crippen LogP contribution in [-0.2, 0) is 14.8 Å². The number of carbonyl (C=O) groups is 1. The van der Waals surface area contributed by atoms with Gasteiger partial charge in [0.2, 0.25) is 10.0 Å². The molecule has 2 unspecified atom stereocenters. The summed E-state index contributed by atoms with van der Waals surface area (Å²) in [5.41, 5.74) is 0. The second-order valence-corrected chi connectivity index (χ2v) is 8.70. The first-order chi connectivity index (χ1) is 9.31. The normalized spacial score (nSPS) is 23.1. The van der Waals surface area contributed by atoms with Gasteiger partial charge in [-0.25, -0.2) is 13.1 Å². The molecule has 112 valence electrons. The van der Waals surface area contributed by atoms with Crippen LogP contribution < -0.4 is 4.72 Å². The maximum Gasteiger partial charge on any atom is 0.306 e. The molecular weight excluding hydrogens is 345 g/mol. The van der Waals surface area contributed by atoms with Crippen LogP contribution >= 0.6 is 34.5 Å². The summed E-state index contributed by atoms with van der Waals surface area (Å²) in [5, 5.41) is 9.06. The van der Waals surface area contributed by atoms with Crippen molar-refractivity contribution >= 4 is 50.5 Å². The van der Waals surface area contributed by atoms with Gasteiger partial charge in [0.25, 0.3) is 0 Å². The number of nitrogens with one attached hydrogen (secondary N) is 1. The summed E-state index contributed by atoms with van der Waals surface area (Å²) in [6.45, 7) is 0.100. The molecule has 1 aromatic heterocycles. The number of hydrogen-bond acceptors (Lipinski definition) is 4. The molecule has 1 fully saturated rings. The molecule has 5 nitrogen and oxygen atoms in total. The zero-order valence-electron chi connectivity index (χ0n) is 10.3. The predicted octanol–water partition coefficient (Wildman–Crippen LogP) is 2.83. The van der Waals surface area contributed by atoms with E-state index in [0.717, 1.165) is 17.8 Å². The second-order valence-electron chi connectivity index (χ2n) is 4.68. The van der Waals surface area contributed by atoms with E-state index >= 15 is 0 Å². The number of sulfonamides is 1. The van der Waals surface area contributed by atoms with Crippen molar-refractivity contribution in [3.8, 4) is 0 Å². The molecule has 1 heterocycles. The van der Waals surface area contributed by atoms with Gasteiger partial charge >= 0.3 is 5.97 Å². The zero-order valence-corrected chi connectivity index (χ0v) is 13.4. The highest BCUT2D eigenvalue weighted by molar-refractivity contribution is 7.89. The van der Waals surface area contributed by atoms with Gasteiger partial charge in [-0.05, 0) is 24.8 Å². The molecule has 0 radical (unpaired) electrons. The van der Waals surface area contributed by atoms with Crippen LogP contribution in [0, 0.1) is 11.8 Å². The van der Waals surface area contributed by atoms with Crippen LogP contribution in [-0.4, -0.2) is 26.0 Å². The maximum absolute atomic E-state index is 12.1. The van der Waals surface area contributed by atoms with Gasteiger partial charge in [0.05, 0.1) is 10.3 Å². The topological polar surface area (TPSA) is 83.5 Å². The van der Waals surface area contributed by atoms with E-state index in [9.17, 15) is 13.2 Å². The number of halogens is 2. The summed E-state index contributed by atoms with van der Waals surface area (Å²) >= 11 is 12.5. The molecule has 20 heavy (non-hydrogen) atoms. The lowest BCUT2D eigenvalue weighted by molar-refractivity contribution is -0.142. The SMILES string of the molecule is O=C(O)C1CCCC1CNS(=O)(=O)c1cc(Cl)sc1Cl. The van der Waals surface area contributed by atoms with E-state index in [1.807, 2.05) is 0 Å². The van der Waals surface area contributed by atoms with Gasteiger partial charge in [-0.15, -0.1) is 11.3 Å². The largest absolute Gasteiger partial charge is 0.481 e. The average Bonchev–Trinajstić information content (AvgIpc) is 2.93. The molecule has 0 aliphatic heterocycles. The lowest BCUT2D eigenvalue weighted by Crippen LogP contribution is -2.33. The third kappa shape index (κ3) is 3.46. The monoisotopic (exact) mass is 357 g/mol. The minimum absolute atomic E-state index is 0.0564. The fraction of sp³-hybridized carbons (Fsp3) is 0.545. The van der Waals surface area contributed by atoms with Gasteiger partial charge in [0.15, 0.2) is 0 Å². The van der Waals surface area contributed by atoms with E-state index in [1.165, 1.54) is 6.07 Å². The number of rotatable bonds is 5. The van der Waals surface area contributed by atoms with Crippen molar-refractivity contribution in [2.75, 3.05) is 6.54 Å². The van der Waals surface area contributed by atoms with Gasteiger partial charge < -0.3 is 5.11 Å². The van der Waals surface area contributed by atoms with Crippen LogP contribution in [0.25, 0.3) is 0 Å². The van der Waals surface area contributed by atoms with E-state index in [-0.39, 0.29) is 21.7 Å². The quantitative estimate of drug-likeness (QED) is 0.848. The highest BCUT2D eigenvalue weighted by Crippen LogP contribution is 2.35. The van der Waals surface area contributed by atoms with Crippen molar-refractivity contribution in [3.05, 3.63) is 14.7 Å². The predicted molar refractivity (Wildman–Crippen MR) is 78.0 cm³/mol. The van der Waals surface area contributed by atoms with Gasteiger partial charge in [0, 0.05) is 6.54 Å². The molecule has 0 bridgehead atoms. The summed E-state index contributed by atoms with van der Waals surface area (Å²) < 4.78 is 27.0. The summed E-state index contributed by atoms with van der Waals surface area (Å²) in [6.07, 6.45) is 2.10. The number of hydrogen-bond donors (Lipinski definition) is 2. The summed E-state index contributed by atoms with van der Waals surface area (Å²) in [6, 6.07) is 1.29. The Balaban J connectivity index is 2.06. The molecular formula is C11H13Cl2NO4S2. The Bertz CT molecular complexity index is 614. The number of aliphatic carboxylic acids is 1. The Morgan fingerprint density at radius 3 is 2.70 bits per heavy atom. The maximum atomic E-state index is 12.1. The first kappa shape index (κ1) is 16.0. The van der Waals surface area contributed by atoms with Crippen molar-refractivity contribution in [1.82, 2.24) is 4.72 Å². The molecule has 1 aromatic rings. The van der Waals surface area contributed by atoms with E-state index in [4.69, 9.17) is 28.3 Å². The number of carboxylic acid groups (broad SMARTS) is 1. The highest BCUT2D eigenvalue weighted by atomic mass is 35.5. The van der Waals surface area contributed by atoms with Crippen LogP contribution in [0.3, 0.4) is 0 Å². The standard InChI is InChI=1S/C11H13Cl2NO4S2/c12-9-4-8(10(13)19-9)20(17,18)14-5-6-2-1-3-7(6)11(15)16/h4,6-7,14H,1-3,5H2,(H,15,16). The van der Waals surface area contributed by atoms with Crippen molar-refractivity contribution in [1.29, 1.82) is 0 Å². The van der Waals surface area contributed by atoms with Crippen LogP contribution in [0.2, 0.25) is 8.67 Å². The van der Waals surface area contributed by atoms with Crippen LogP contribution in [0.5, 0.6) is 0 Å². The Hall–Kier alpha value is -0.340. The van der Waals surface area contributed by atoms with Crippen molar-refractivity contribution in [2.24, 2.45) is 11.8 Å². The Morgan fingerprint density at radius 1 is 1.45 bits per heavy atom. The summed E-state index contributed by atoms with van der Waals surface area (Å²) in [7, 11) is -3.76. The summed E-state index contributed by atoms with van der Waals surface area (Å²) in [4.78, 5) is 11.0. The first-order valence-corrected chi connectivity index (χ1v) is 9.04. The van der Waals surface area contributed by atoms with Gasteiger partial charge in [-0.3, -0.25) is 4.79 Å². The Kier molecular flexibility index (Phi) is 4.96. The molecule has 2 atom stereocenters. The third-order valence-corrected chi connectivity index (χ3v) is 6.60. The minimum atomic E-state index is -3.76. The fourth-order valence-corrected chi connectivity index (χ4v) is 5.65. The number of thiophene rings is 1.